The van der Waals surface area contributed by atoms with Crippen LogP contribution in [-0.4, -0.2) is 38.1 Å². The summed E-state index contributed by atoms with van der Waals surface area (Å²) in [6, 6.07) is 4.88. The highest BCUT2D eigenvalue weighted by atomic mass is 79.9. The molecule has 0 aliphatic carbocycles. The van der Waals surface area contributed by atoms with Gasteiger partial charge in [0, 0.05) is 17.5 Å². The van der Waals surface area contributed by atoms with E-state index in [1.807, 2.05) is 0 Å². The van der Waals surface area contributed by atoms with Crippen molar-refractivity contribution in [2.75, 3.05) is 26.2 Å². The van der Waals surface area contributed by atoms with Crippen LogP contribution in [-0.2, 0) is 4.74 Å². The maximum absolute atomic E-state index is 12.2. The molecule has 4 nitrogen and oxygen atoms in total. The molecule has 0 fully saturated rings. The molecular weight excluding hydrogens is 334 g/mol. The standard InChI is InChI=1S/C13H17BrClNO3/c1-18-8-10(5-6-14)16-13(17)11-4-3-9(15)7-12(11)19-2/h3-4,7,10H,5-6,8H2,1-2H3,(H,16,17). The first-order valence-corrected chi connectivity index (χ1v) is 7.31. The molecule has 1 amide bonds. The van der Waals surface area contributed by atoms with Crippen LogP contribution in [0.4, 0.5) is 0 Å². The molecule has 1 aromatic rings. The molecular formula is C13H17BrClNO3. The summed E-state index contributed by atoms with van der Waals surface area (Å²) >= 11 is 9.22. The Morgan fingerprint density at radius 1 is 1.47 bits per heavy atom. The number of carbonyl (C=O) groups is 1. The van der Waals surface area contributed by atoms with E-state index in [1.165, 1.54) is 7.11 Å². The van der Waals surface area contributed by atoms with Gasteiger partial charge < -0.3 is 14.8 Å². The SMILES string of the molecule is COCC(CCBr)NC(=O)c1ccc(Cl)cc1OC. The second-order valence-electron chi connectivity index (χ2n) is 3.95. The summed E-state index contributed by atoms with van der Waals surface area (Å²) in [5, 5.41) is 4.23. The fourth-order valence-corrected chi connectivity index (χ4v) is 2.36. The van der Waals surface area contributed by atoms with E-state index in [9.17, 15) is 4.79 Å². The number of rotatable bonds is 7. The smallest absolute Gasteiger partial charge is 0.255 e. The Morgan fingerprint density at radius 3 is 2.79 bits per heavy atom. The number of hydrogen-bond acceptors (Lipinski definition) is 3. The Bertz CT molecular complexity index is 422. The Hall–Kier alpha value is -0.780. The van der Waals surface area contributed by atoms with Crippen LogP contribution in [0.5, 0.6) is 5.75 Å². The van der Waals surface area contributed by atoms with Crippen LogP contribution in [0.25, 0.3) is 0 Å². The molecule has 0 aromatic heterocycles. The van der Waals surface area contributed by atoms with Gasteiger partial charge in [0.15, 0.2) is 0 Å². The molecule has 0 heterocycles. The van der Waals surface area contributed by atoms with Crippen LogP contribution in [0.2, 0.25) is 5.02 Å². The predicted octanol–water partition coefficient (Wildman–Crippen LogP) is 2.88. The van der Waals surface area contributed by atoms with Crippen molar-refractivity contribution in [3.8, 4) is 5.75 Å². The molecule has 6 heteroatoms. The van der Waals surface area contributed by atoms with Crippen LogP contribution in [0.1, 0.15) is 16.8 Å². The number of alkyl halides is 1. The third-order valence-electron chi connectivity index (χ3n) is 2.57. The Morgan fingerprint density at radius 2 is 2.21 bits per heavy atom. The van der Waals surface area contributed by atoms with Gasteiger partial charge in [-0.2, -0.15) is 0 Å². The van der Waals surface area contributed by atoms with Gasteiger partial charge in [-0.1, -0.05) is 27.5 Å². The normalized spacial score (nSPS) is 12.0. The first-order valence-electron chi connectivity index (χ1n) is 5.81. The van der Waals surface area contributed by atoms with E-state index in [2.05, 4.69) is 21.2 Å². The number of ether oxygens (including phenoxy) is 2. The number of hydrogen-bond donors (Lipinski definition) is 1. The highest BCUT2D eigenvalue weighted by Crippen LogP contribution is 2.23. The van der Waals surface area contributed by atoms with Gasteiger partial charge in [0.1, 0.15) is 5.75 Å². The Balaban J connectivity index is 2.81. The first-order chi connectivity index (χ1) is 9.12. The fraction of sp³-hybridized carbons (Fsp3) is 0.462. The van der Waals surface area contributed by atoms with Gasteiger partial charge in [0.2, 0.25) is 0 Å². The maximum Gasteiger partial charge on any atom is 0.255 e. The van der Waals surface area contributed by atoms with Gasteiger partial charge in [-0.3, -0.25) is 4.79 Å². The average molecular weight is 351 g/mol. The average Bonchev–Trinajstić information content (AvgIpc) is 2.38. The summed E-state index contributed by atoms with van der Waals surface area (Å²) in [5.41, 5.74) is 0.461. The number of methoxy groups -OCH3 is 2. The molecule has 1 N–H and O–H groups in total. The molecule has 0 aliphatic heterocycles. The lowest BCUT2D eigenvalue weighted by molar-refractivity contribution is 0.0892. The van der Waals surface area contributed by atoms with Crippen molar-refractivity contribution in [3.63, 3.8) is 0 Å². The van der Waals surface area contributed by atoms with Gasteiger partial charge in [-0.25, -0.2) is 0 Å². The second-order valence-corrected chi connectivity index (χ2v) is 5.18. The monoisotopic (exact) mass is 349 g/mol. The third kappa shape index (κ3) is 5.01. The number of amides is 1. The van der Waals surface area contributed by atoms with Crippen molar-refractivity contribution in [2.24, 2.45) is 0 Å². The molecule has 0 radical (unpaired) electrons. The molecule has 0 saturated heterocycles. The van der Waals surface area contributed by atoms with Gasteiger partial charge >= 0.3 is 0 Å². The van der Waals surface area contributed by atoms with E-state index >= 15 is 0 Å². The zero-order valence-corrected chi connectivity index (χ0v) is 13.3. The quantitative estimate of drug-likeness (QED) is 0.769. The summed E-state index contributed by atoms with van der Waals surface area (Å²) in [7, 11) is 3.11. The molecule has 0 aliphatic rings. The van der Waals surface area contributed by atoms with Crippen LogP contribution >= 0.6 is 27.5 Å². The zero-order valence-electron chi connectivity index (χ0n) is 10.9. The molecule has 1 atom stereocenters. The largest absolute Gasteiger partial charge is 0.496 e. The van der Waals surface area contributed by atoms with E-state index in [0.717, 1.165) is 11.8 Å². The highest BCUT2D eigenvalue weighted by molar-refractivity contribution is 9.09. The van der Waals surface area contributed by atoms with Gasteiger partial charge in [-0.05, 0) is 24.6 Å². The molecule has 0 bridgehead atoms. The molecule has 106 valence electrons. The van der Waals surface area contributed by atoms with Crippen molar-refractivity contribution in [2.45, 2.75) is 12.5 Å². The van der Waals surface area contributed by atoms with Crippen molar-refractivity contribution in [3.05, 3.63) is 28.8 Å². The lowest BCUT2D eigenvalue weighted by Gasteiger charge is -2.17. The van der Waals surface area contributed by atoms with Crippen LogP contribution in [0.15, 0.2) is 18.2 Å². The number of halogens is 2. The maximum atomic E-state index is 12.2. The van der Waals surface area contributed by atoms with Gasteiger partial charge in [-0.15, -0.1) is 0 Å². The summed E-state index contributed by atoms with van der Waals surface area (Å²) in [4.78, 5) is 12.2. The molecule has 19 heavy (non-hydrogen) atoms. The van der Waals surface area contributed by atoms with E-state index in [1.54, 1.807) is 25.3 Å². The van der Waals surface area contributed by atoms with Crippen molar-refractivity contribution >= 4 is 33.4 Å². The fourth-order valence-electron chi connectivity index (χ4n) is 1.65. The topological polar surface area (TPSA) is 47.6 Å². The van der Waals surface area contributed by atoms with Crippen LogP contribution in [0.3, 0.4) is 0 Å². The molecule has 1 aromatic carbocycles. The van der Waals surface area contributed by atoms with Crippen LogP contribution < -0.4 is 10.1 Å². The highest BCUT2D eigenvalue weighted by Gasteiger charge is 2.16. The van der Waals surface area contributed by atoms with Crippen LogP contribution in [0, 0.1) is 0 Å². The minimum atomic E-state index is -0.198. The number of nitrogens with one attached hydrogen (secondary N) is 1. The molecule has 1 unspecified atom stereocenters. The minimum absolute atomic E-state index is 0.0442. The molecule has 0 spiro atoms. The lowest BCUT2D eigenvalue weighted by Crippen LogP contribution is -2.38. The Labute approximate surface area is 126 Å². The summed E-state index contributed by atoms with van der Waals surface area (Å²) in [6.45, 7) is 0.466. The van der Waals surface area contributed by atoms with Crippen molar-refractivity contribution in [1.29, 1.82) is 0 Å². The Kier molecular flexibility index (Phi) is 7.20. The van der Waals surface area contributed by atoms with E-state index < -0.39 is 0 Å². The summed E-state index contributed by atoms with van der Waals surface area (Å²) in [5.74, 6) is 0.261. The predicted molar refractivity (Wildman–Crippen MR) is 79.5 cm³/mol. The van der Waals surface area contributed by atoms with Gasteiger partial charge in [0.25, 0.3) is 5.91 Å². The summed E-state index contributed by atoms with van der Waals surface area (Å²) in [6.07, 6.45) is 0.787. The third-order valence-corrected chi connectivity index (χ3v) is 3.26. The summed E-state index contributed by atoms with van der Waals surface area (Å²) < 4.78 is 10.2. The van der Waals surface area contributed by atoms with Gasteiger partial charge in [0.05, 0.1) is 25.3 Å². The van der Waals surface area contributed by atoms with E-state index in [0.29, 0.717) is 22.9 Å². The lowest BCUT2D eigenvalue weighted by atomic mass is 10.1. The van der Waals surface area contributed by atoms with Crippen molar-refractivity contribution < 1.29 is 14.3 Å². The minimum Gasteiger partial charge on any atom is -0.496 e. The van der Waals surface area contributed by atoms with E-state index in [4.69, 9.17) is 21.1 Å². The molecule has 0 saturated carbocycles. The van der Waals surface area contributed by atoms with E-state index in [-0.39, 0.29) is 11.9 Å². The van der Waals surface area contributed by atoms with Crippen molar-refractivity contribution in [1.82, 2.24) is 5.32 Å². The zero-order chi connectivity index (χ0) is 14.3. The number of carbonyl (C=O) groups excluding carboxylic acids is 1. The second kappa shape index (κ2) is 8.40. The first kappa shape index (κ1) is 16.3. The number of benzene rings is 1. The molecule has 1 rings (SSSR count).